The summed E-state index contributed by atoms with van der Waals surface area (Å²) in [6.07, 6.45) is 4.37. The highest BCUT2D eigenvalue weighted by atomic mass is 16.5. The summed E-state index contributed by atoms with van der Waals surface area (Å²) in [4.78, 5) is 20.1. The first kappa shape index (κ1) is 21.3. The van der Waals surface area contributed by atoms with Gasteiger partial charge in [-0.3, -0.25) is 9.69 Å². The van der Waals surface area contributed by atoms with E-state index in [9.17, 15) is 4.79 Å². The van der Waals surface area contributed by atoms with Crippen molar-refractivity contribution in [3.63, 3.8) is 0 Å². The number of amides is 1. The van der Waals surface area contributed by atoms with Crippen LogP contribution in [0.1, 0.15) is 80.8 Å². The molecule has 1 amide bonds. The van der Waals surface area contributed by atoms with Gasteiger partial charge >= 0.3 is 0 Å². The molecule has 1 fully saturated rings. The molecule has 2 aromatic carbocycles. The lowest BCUT2D eigenvalue weighted by molar-refractivity contribution is -0.133. The summed E-state index contributed by atoms with van der Waals surface area (Å²) in [5.41, 5.74) is 4.60. The fraction of sp³-hybridized carbons (Fsp3) is 0.429. The molecule has 3 heterocycles. The van der Waals surface area contributed by atoms with Crippen molar-refractivity contribution in [3.05, 3.63) is 71.3 Å². The Balaban J connectivity index is 1.29. The first-order valence-corrected chi connectivity index (χ1v) is 12.4. The Labute approximate surface area is 201 Å². The number of carbonyl (C=O) groups is 1. The maximum Gasteiger partial charge on any atom is 0.232 e. The second-order valence-electron chi connectivity index (χ2n) is 10.2. The normalized spacial score (nSPS) is 27.7. The highest BCUT2D eigenvalue weighted by molar-refractivity contribution is 6.03. The predicted molar refractivity (Wildman–Crippen MR) is 133 cm³/mol. The van der Waals surface area contributed by atoms with Gasteiger partial charge in [0.1, 0.15) is 11.8 Å². The van der Waals surface area contributed by atoms with Crippen LogP contribution in [0.3, 0.4) is 0 Å². The number of nitrogens with zero attached hydrogens (tertiary/aromatic N) is 2. The van der Waals surface area contributed by atoms with Crippen molar-refractivity contribution < 1.29 is 9.53 Å². The summed E-state index contributed by atoms with van der Waals surface area (Å²) in [6.45, 7) is 10.6. The highest BCUT2D eigenvalue weighted by Crippen LogP contribution is 2.52. The van der Waals surface area contributed by atoms with Gasteiger partial charge in [-0.2, -0.15) is 0 Å². The molecule has 1 aliphatic carbocycles. The van der Waals surface area contributed by atoms with E-state index in [0.29, 0.717) is 12.4 Å². The van der Waals surface area contributed by atoms with Crippen LogP contribution in [0.4, 0.5) is 0 Å². The Hall–Kier alpha value is -3.28. The van der Waals surface area contributed by atoms with Crippen molar-refractivity contribution in [2.45, 2.75) is 76.2 Å². The van der Waals surface area contributed by atoms with E-state index < -0.39 is 5.72 Å². The van der Waals surface area contributed by atoms with Crippen LogP contribution in [0.2, 0.25) is 0 Å². The van der Waals surface area contributed by atoms with Crippen molar-refractivity contribution in [3.8, 4) is 5.75 Å². The van der Waals surface area contributed by atoms with Gasteiger partial charge in [0.25, 0.3) is 0 Å². The Bertz CT molecular complexity index is 1230. The Morgan fingerprint density at radius 2 is 2.03 bits per heavy atom. The first-order chi connectivity index (χ1) is 16.4. The molecule has 34 heavy (non-hydrogen) atoms. The van der Waals surface area contributed by atoms with E-state index in [4.69, 9.17) is 9.73 Å². The molecule has 0 radical (unpaired) electrons. The van der Waals surface area contributed by atoms with E-state index in [0.717, 1.165) is 48.3 Å². The van der Waals surface area contributed by atoms with Crippen molar-refractivity contribution in [2.24, 2.45) is 4.99 Å². The number of aryl methyl sites for hydroxylation is 1. The molecule has 0 bridgehead atoms. The molecule has 3 atom stereocenters. The topological polar surface area (TPSA) is 66.0 Å². The number of aliphatic imine (C=N–C) groups is 1. The minimum absolute atomic E-state index is 0.108. The largest absolute Gasteiger partial charge is 0.463 e. The van der Waals surface area contributed by atoms with Crippen LogP contribution in [0.15, 0.2) is 54.0 Å². The third-order valence-electron chi connectivity index (χ3n) is 8.26. The maximum absolute atomic E-state index is 13.4. The van der Waals surface area contributed by atoms with Crippen molar-refractivity contribution >= 4 is 17.6 Å². The summed E-state index contributed by atoms with van der Waals surface area (Å²) >= 11 is 0. The fourth-order valence-electron chi connectivity index (χ4n) is 6.14. The van der Waals surface area contributed by atoms with Crippen molar-refractivity contribution in [1.29, 1.82) is 0 Å². The molecule has 0 aromatic heterocycles. The minimum Gasteiger partial charge on any atom is -0.463 e. The molecule has 6 rings (SSSR count). The Morgan fingerprint density at radius 1 is 1.24 bits per heavy atom. The van der Waals surface area contributed by atoms with E-state index >= 15 is 0 Å². The summed E-state index contributed by atoms with van der Waals surface area (Å²) in [7, 11) is 0. The standard InChI is InChI=1S/C28H32N4O2/c1-5-28(6-2)16-24(33)32-25-21-15-19(12-14-23(21)34-27(25,4)30-26(32)31-28)17(3)29-22-13-11-18-9-7-8-10-20(18)22/h7-10,12,14-15,22,25,29H,3,5-6,11,13,16H2,1-2,4H3,(H,30,31). The molecule has 3 aliphatic heterocycles. The molecule has 2 aromatic rings. The van der Waals surface area contributed by atoms with Crippen LogP contribution in [-0.2, 0) is 11.2 Å². The van der Waals surface area contributed by atoms with Crippen LogP contribution in [0.5, 0.6) is 5.75 Å². The zero-order valence-electron chi connectivity index (χ0n) is 20.1. The lowest BCUT2D eigenvalue weighted by Crippen LogP contribution is -2.61. The molecule has 6 nitrogen and oxygen atoms in total. The average molecular weight is 457 g/mol. The van der Waals surface area contributed by atoms with Gasteiger partial charge < -0.3 is 15.4 Å². The number of benzene rings is 2. The van der Waals surface area contributed by atoms with Gasteiger partial charge in [0, 0.05) is 16.8 Å². The number of nitrogens with one attached hydrogen (secondary N) is 2. The summed E-state index contributed by atoms with van der Waals surface area (Å²) < 4.78 is 6.34. The van der Waals surface area contributed by atoms with Gasteiger partial charge in [-0.1, -0.05) is 44.7 Å². The molecule has 176 valence electrons. The van der Waals surface area contributed by atoms with E-state index in [2.05, 4.69) is 61.4 Å². The summed E-state index contributed by atoms with van der Waals surface area (Å²) in [5.74, 6) is 1.54. The molecular weight excluding hydrogens is 424 g/mol. The summed E-state index contributed by atoms with van der Waals surface area (Å²) in [6, 6.07) is 14.8. The lowest BCUT2D eigenvalue weighted by Gasteiger charge is -2.42. The molecular formula is C28H32N4O2. The number of rotatable bonds is 5. The highest BCUT2D eigenvalue weighted by Gasteiger charge is 2.58. The first-order valence-electron chi connectivity index (χ1n) is 12.4. The van der Waals surface area contributed by atoms with Gasteiger partial charge in [0.15, 0.2) is 0 Å². The minimum atomic E-state index is -0.824. The number of carbonyl (C=O) groups excluding carboxylic acids is 1. The van der Waals surface area contributed by atoms with Gasteiger partial charge in [-0.15, -0.1) is 0 Å². The third-order valence-corrected chi connectivity index (χ3v) is 8.26. The van der Waals surface area contributed by atoms with Gasteiger partial charge in [0.05, 0.1) is 12.5 Å². The number of hydrogen-bond donors (Lipinski definition) is 2. The smallest absolute Gasteiger partial charge is 0.232 e. The SMILES string of the molecule is C=C(NC1CCc2ccccc21)c1ccc2c(c1)C1N3C(=O)CC(CC)(CC)NC3=NC1(C)O2. The summed E-state index contributed by atoms with van der Waals surface area (Å²) in [5, 5.41) is 7.23. The number of fused-ring (bicyclic) bond motifs is 6. The number of ether oxygens (including phenoxy) is 1. The van der Waals surface area contributed by atoms with Crippen LogP contribution >= 0.6 is 0 Å². The third kappa shape index (κ3) is 3.00. The van der Waals surface area contributed by atoms with Crippen LogP contribution in [0, 0.1) is 0 Å². The van der Waals surface area contributed by atoms with E-state index in [-0.39, 0.29) is 23.5 Å². The molecule has 3 unspecified atom stereocenters. The van der Waals surface area contributed by atoms with Crippen LogP contribution in [-0.4, -0.2) is 28.0 Å². The molecule has 4 aliphatic rings. The van der Waals surface area contributed by atoms with E-state index in [1.165, 1.54) is 11.1 Å². The van der Waals surface area contributed by atoms with Gasteiger partial charge in [-0.05, 0) is 67.5 Å². The number of hydrogen-bond acceptors (Lipinski definition) is 5. The van der Waals surface area contributed by atoms with Gasteiger partial charge in [-0.25, -0.2) is 4.99 Å². The zero-order chi connectivity index (χ0) is 23.7. The number of guanidine groups is 1. The van der Waals surface area contributed by atoms with E-state index in [1.807, 2.05) is 24.0 Å². The van der Waals surface area contributed by atoms with Crippen LogP contribution < -0.4 is 15.4 Å². The molecule has 2 N–H and O–H groups in total. The van der Waals surface area contributed by atoms with Crippen molar-refractivity contribution in [2.75, 3.05) is 0 Å². The van der Waals surface area contributed by atoms with Crippen LogP contribution in [0.25, 0.3) is 5.70 Å². The predicted octanol–water partition coefficient (Wildman–Crippen LogP) is 4.83. The lowest BCUT2D eigenvalue weighted by atomic mass is 9.86. The second-order valence-corrected chi connectivity index (χ2v) is 10.2. The molecule has 0 saturated carbocycles. The zero-order valence-corrected chi connectivity index (χ0v) is 20.1. The quantitative estimate of drug-likeness (QED) is 0.676. The molecule has 1 saturated heterocycles. The fourth-order valence-corrected chi connectivity index (χ4v) is 6.14. The second kappa shape index (κ2) is 7.36. The molecule has 6 heteroatoms. The van der Waals surface area contributed by atoms with Crippen molar-refractivity contribution in [1.82, 2.24) is 15.5 Å². The Morgan fingerprint density at radius 3 is 2.82 bits per heavy atom. The Kier molecular flexibility index (Phi) is 4.60. The average Bonchev–Trinajstić information content (AvgIpc) is 3.45. The van der Waals surface area contributed by atoms with E-state index in [1.54, 1.807) is 0 Å². The molecule has 0 spiro atoms. The monoisotopic (exact) mass is 456 g/mol. The maximum atomic E-state index is 13.4. The van der Waals surface area contributed by atoms with Gasteiger partial charge in [0.2, 0.25) is 17.6 Å².